The highest BCUT2D eigenvalue weighted by Gasteiger charge is 2.27. The molecule has 0 radical (unpaired) electrons. The summed E-state index contributed by atoms with van der Waals surface area (Å²) in [7, 11) is 0. The first-order chi connectivity index (χ1) is 8.65. The Labute approximate surface area is 135 Å². The summed E-state index contributed by atoms with van der Waals surface area (Å²) in [6, 6.07) is 2.26. The van der Waals surface area contributed by atoms with Crippen LogP contribution in [-0.4, -0.2) is 31.1 Å². The molecule has 1 aromatic rings. The molecule has 0 spiro atoms. The van der Waals surface area contributed by atoms with E-state index in [1.54, 1.807) is 0 Å². The van der Waals surface area contributed by atoms with Gasteiger partial charge in [-0.25, -0.2) is 8.78 Å². The van der Waals surface area contributed by atoms with Gasteiger partial charge in [0.2, 0.25) is 0 Å². The maximum Gasteiger partial charge on any atom is 0.149 e. The van der Waals surface area contributed by atoms with Gasteiger partial charge in [0.1, 0.15) is 11.6 Å². The molecule has 1 aliphatic heterocycles. The Morgan fingerprint density at radius 2 is 1.85 bits per heavy atom. The van der Waals surface area contributed by atoms with Crippen LogP contribution < -0.4 is 5.32 Å². The number of piperazine rings is 1. The normalized spacial score (nSPS) is 17.0. The quantitative estimate of drug-likeness (QED) is 0.836. The lowest BCUT2D eigenvalue weighted by molar-refractivity contribution is 0.163. The van der Waals surface area contributed by atoms with E-state index in [4.69, 9.17) is 11.6 Å². The van der Waals surface area contributed by atoms with Crippen LogP contribution in [0.3, 0.4) is 0 Å². The number of halogens is 5. The van der Waals surface area contributed by atoms with Crippen molar-refractivity contribution in [2.45, 2.75) is 19.4 Å². The lowest BCUT2D eigenvalue weighted by Crippen LogP contribution is -2.45. The Kier molecular flexibility index (Phi) is 8.95. The number of hydrogen-bond acceptors (Lipinski definition) is 2. The van der Waals surface area contributed by atoms with Gasteiger partial charge in [0, 0.05) is 37.8 Å². The second kappa shape index (κ2) is 9.00. The van der Waals surface area contributed by atoms with Crippen LogP contribution in [0.1, 0.15) is 24.9 Å². The number of hydrogen-bond donors (Lipinski definition) is 1. The van der Waals surface area contributed by atoms with E-state index < -0.39 is 11.6 Å². The molecule has 0 aromatic heterocycles. The molecule has 1 aliphatic rings. The summed E-state index contributed by atoms with van der Waals surface area (Å²) in [5.74, 6) is -1.13. The first kappa shape index (κ1) is 19.9. The molecule has 1 heterocycles. The van der Waals surface area contributed by atoms with Crippen molar-refractivity contribution in [3.8, 4) is 0 Å². The number of nitrogens with one attached hydrogen (secondary N) is 1. The smallest absolute Gasteiger partial charge is 0.149 e. The van der Waals surface area contributed by atoms with Crippen molar-refractivity contribution in [1.29, 1.82) is 0 Å². The van der Waals surface area contributed by atoms with Gasteiger partial charge in [-0.2, -0.15) is 0 Å². The van der Waals surface area contributed by atoms with Gasteiger partial charge in [-0.1, -0.05) is 18.5 Å². The summed E-state index contributed by atoms with van der Waals surface area (Å²) in [6.07, 6.45) is 0.661. The third-order valence-electron chi connectivity index (χ3n) is 3.39. The zero-order valence-corrected chi connectivity index (χ0v) is 13.6. The average molecular weight is 348 g/mol. The lowest BCUT2D eigenvalue weighted by atomic mass is 10.0. The van der Waals surface area contributed by atoms with E-state index in [0.29, 0.717) is 6.42 Å². The molecule has 116 valence electrons. The van der Waals surface area contributed by atoms with Crippen molar-refractivity contribution in [2.24, 2.45) is 0 Å². The third kappa shape index (κ3) is 4.18. The van der Waals surface area contributed by atoms with Crippen molar-refractivity contribution < 1.29 is 8.78 Å². The largest absolute Gasteiger partial charge is 0.314 e. The minimum Gasteiger partial charge on any atom is -0.314 e. The Bertz CT molecular complexity index is 426. The number of benzene rings is 1. The van der Waals surface area contributed by atoms with E-state index in [1.807, 2.05) is 6.92 Å². The zero-order valence-electron chi connectivity index (χ0n) is 11.2. The van der Waals surface area contributed by atoms with Gasteiger partial charge in [0.05, 0.1) is 5.02 Å². The maximum absolute atomic E-state index is 14.0. The van der Waals surface area contributed by atoms with Crippen LogP contribution in [0.5, 0.6) is 0 Å². The Balaban J connectivity index is 0.00000180. The molecular formula is C13H19Cl3F2N2. The van der Waals surface area contributed by atoms with Gasteiger partial charge in [-0.15, -0.1) is 24.8 Å². The van der Waals surface area contributed by atoms with Crippen molar-refractivity contribution in [2.75, 3.05) is 26.2 Å². The third-order valence-corrected chi connectivity index (χ3v) is 3.68. The van der Waals surface area contributed by atoms with Gasteiger partial charge in [-0.3, -0.25) is 4.90 Å². The highest BCUT2D eigenvalue weighted by Crippen LogP contribution is 2.32. The molecule has 1 fully saturated rings. The molecule has 1 N–H and O–H groups in total. The van der Waals surface area contributed by atoms with E-state index in [9.17, 15) is 8.78 Å². The van der Waals surface area contributed by atoms with Crippen LogP contribution in [0, 0.1) is 11.6 Å². The van der Waals surface area contributed by atoms with E-state index in [1.165, 1.54) is 12.1 Å². The maximum atomic E-state index is 14.0. The summed E-state index contributed by atoms with van der Waals surface area (Å²) in [6.45, 7) is 5.22. The molecule has 2 nitrogen and oxygen atoms in total. The van der Waals surface area contributed by atoms with Gasteiger partial charge < -0.3 is 5.32 Å². The predicted octanol–water partition coefficient (Wildman–Crippen LogP) is 3.82. The molecule has 20 heavy (non-hydrogen) atoms. The molecule has 0 unspecified atom stereocenters. The van der Waals surface area contributed by atoms with E-state index >= 15 is 0 Å². The fraction of sp³-hybridized carbons (Fsp3) is 0.538. The van der Waals surface area contributed by atoms with Crippen LogP contribution >= 0.6 is 36.4 Å². The van der Waals surface area contributed by atoms with Crippen LogP contribution in [-0.2, 0) is 0 Å². The van der Waals surface area contributed by atoms with Crippen molar-refractivity contribution in [3.63, 3.8) is 0 Å². The van der Waals surface area contributed by atoms with Crippen LogP contribution in [0.2, 0.25) is 5.02 Å². The van der Waals surface area contributed by atoms with E-state index in [-0.39, 0.29) is 41.4 Å². The fourth-order valence-electron chi connectivity index (χ4n) is 2.49. The highest BCUT2D eigenvalue weighted by molar-refractivity contribution is 6.30. The summed E-state index contributed by atoms with van der Waals surface area (Å²) in [5.41, 5.74) is 0.104. The van der Waals surface area contributed by atoms with Crippen LogP contribution in [0.15, 0.2) is 12.1 Å². The molecule has 0 bridgehead atoms. The summed E-state index contributed by atoms with van der Waals surface area (Å²) in [5, 5.41) is 3.22. The second-order valence-corrected chi connectivity index (χ2v) is 4.87. The lowest BCUT2D eigenvalue weighted by Gasteiger charge is -2.35. The van der Waals surface area contributed by atoms with E-state index in [2.05, 4.69) is 10.2 Å². The molecule has 0 aliphatic carbocycles. The molecule has 1 aromatic carbocycles. The number of rotatable bonds is 3. The summed E-state index contributed by atoms with van der Waals surface area (Å²) < 4.78 is 27.9. The first-order valence-corrected chi connectivity index (χ1v) is 6.61. The SMILES string of the molecule is CC[C@@H](c1c(F)ccc(Cl)c1F)N1CCNCC1.Cl.Cl. The molecule has 0 saturated carbocycles. The van der Waals surface area contributed by atoms with Crippen molar-refractivity contribution in [1.82, 2.24) is 10.2 Å². The predicted molar refractivity (Wildman–Crippen MR) is 83.3 cm³/mol. The monoisotopic (exact) mass is 346 g/mol. The fourth-order valence-corrected chi connectivity index (χ4v) is 2.65. The minimum atomic E-state index is -0.623. The van der Waals surface area contributed by atoms with Crippen molar-refractivity contribution in [3.05, 3.63) is 34.4 Å². The average Bonchev–Trinajstić information content (AvgIpc) is 2.40. The van der Waals surface area contributed by atoms with Gasteiger partial charge in [0.25, 0.3) is 0 Å². The summed E-state index contributed by atoms with van der Waals surface area (Å²) in [4.78, 5) is 2.11. The zero-order chi connectivity index (χ0) is 13.1. The molecule has 7 heteroatoms. The van der Waals surface area contributed by atoms with Gasteiger partial charge in [0.15, 0.2) is 0 Å². The van der Waals surface area contributed by atoms with Crippen molar-refractivity contribution >= 4 is 36.4 Å². The summed E-state index contributed by atoms with van der Waals surface area (Å²) >= 11 is 5.75. The molecule has 2 rings (SSSR count). The van der Waals surface area contributed by atoms with E-state index in [0.717, 1.165) is 26.2 Å². The molecular weight excluding hydrogens is 329 g/mol. The van der Waals surface area contributed by atoms with Gasteiger partial charge >= 0.3 is 0 Å². The second-order valence-electron chi connectivity index (χ2n) is 4.47. The molecule has 0 amide bonds. The Hall–Kier alpha value is -0.130. The van der Waals surface area contributed by atoms with Crippen LogP contribution in [0.25, 0.3) is 0 Å². The van der Waals surface area contributed by atoms with Crippen LogP contribution in [0.4, 0.5) is 8.78 Å². The Morgan fingerprint density at radius 3 is 2.40 bits per heavy atom. The number of nitrogens with zero attached hydrogens (tertiary/aromatic N) is 1. The molecule has 1 atom stereocenters. The Morgan fingerprint density at radius 1 is 1.25 bits per heavy atom. The highest BCUT2D eigenvalue weighted by atomic mass is 35.5. The molecule has 1 saturated heterocycles. The standard InChI is InChI=1S/C13H17ClF2N2.2ClH/c1-2-11(18-7-5-17-6-8-18)12-10(15)4-3-9(14)13(12)16;;/h3-4,11,17H,2,5-8H2,1H3;2*1H/t11-;;/m0../s1. The van der Waals surface area contributed by atoms with Gasteiger partial charge in [-0.05, 0) is 18.6 Å². The minimum absolute atomic E-state index is 0. The first-order valence-electron chi connectivity index (χ1n) is 6.23. The topological polar surface area (TPSA) is 15.3 Å².